The number of amides is 3. The lowest BCUT2D eigenvalue weighted by molar-refractivity contribution is -0.144. The Kier molecular flexibility index (Phi) is 9.62. The van der Waals surface area contributed by atoms with Gasteiger partial charge in [0.15, 0.2) is 12.2 Å². The summed E-state index contributed by atoms with van der Waals surface area (Å²) >= 11 is 18.2. The zero-order valence-electron chi connectivity index (χ0n) is 20.5. The zero-order chi connectivity index (χ0) is 28.8. The van der Waals surface area contributed by atoms with Crippen molar-refractivity contribution >= 4 is 69.9 Å². The summed E-state index contributed by atoms with van der Waals surface area (Å²) in [6.45, 7) is -0.330. The fourth-order valence-corrected chi connectivity index (χ4v) is 4.63. The number of anilines is 2. The molecule has 3 atom stereocenters. The minimum atomic E-state index is -1.38. The molecule has 13 heteroatoms. The number of carbonyl (C=O) groups excluding carboxylic acids is 3. The highest BCUT2D eigenvalue weighted by molar-refractivity contribution is 6.40. The van der Waals surface area contributed by atoms with Crippen molar-refractivity contribution in [3.05, 3.63) is 92.9 Å². The van der Waals surface area contributed by atoms with Crippen molar-refractivity contribution in [2.45, 2.75) is 24.7 Å². The number of rotatable bonds is 9. The van der Waals surface area contributed by atoms with Crippen LogP contribution in [0.15, 0.2) is 66.7 Å². The third kappa shape index (κ3) is 7.09. The van der Waals surface area contributed by atoms with Gasteiger partial charge in [-0.25, -0.2) is 4.79 Å². The van der Waals surface area contributed by atoms with Gasteiger partial charge in [0.2, 0.25) is 0 Å². The molecule has 0 saturated carbocycles. The number of carboxylic acids is 1. The van der Waals surface area contributed by atoms with Gasteiger partial charge in [-0.05, 0) is 42.0 Å². The van der Waals surface area contributed by atoms with Crippen LogP contribution in [0.3, 0.4) is 0 Å². The molecule has 4 rings (SSSR count). The lowest BCUT2D eigenvalue weighted by atomic mass is 10.0. The Morgan fingerprint density at radius 3 is 2.02 bits per heavy atom. The lowest BCUT2D eigenvalue weighted by Gasteiger charge is -2.20. The Morgan fingerprint density at radius 1 is 0.800 bits per heavy atom. The summed E-state index contributed by atoms with van der Waals surface area (Å²) in [7, 11) is 0. The second kappa shape index (κ2) is 13.1. The minimum Gasteiger partial charge on any atom is -0.480 e. The summed E-state index contributed by atoms with van der Waals surface area (Å²) in [6.07, 6.45) is -2.78. The molecule has 0 bridgehead atoms. The van der Waals surface area contributed by atoms with Crippen LogP contribution in [0.4, 0.5) is 11.4 Å². The van der Waals surface area contributed by atoms with Gasteiger partial charge in [0.1, 0.15) is 12.8 Å². The molecule has 0 radical (unpaired) electrons. The van der Waals surface area contributed by atoms with E-state index in [2.05, 4.69) is 16.0 Å². The van der Waals surface area contributed by atoms with E-state index in [0.717, 1.165) is 0 Å². The van der Waals surface area contributed by atoms with E-state index in [1.54, 1.807) is 66.7 Å². The van der Waals surface area contributed by atoms with Crippen molar-refractivity contribution in [3.63, 3.8) is 0 Å². The van der Waals surface area contributed by atoms with Gasteiger partial charge in [-0.15, -0.1) is 0 Å². The number of hydrogen-bond donors (Lipinski definition) is 4. The molecule has 208 valence electrons. The second-order valence-corrected chi connectivity index (χ2v) is 9.83. The van der Waals surface area contributed by atoms with Crippen molar-refractivity contribution in [2.75, 3.05) is 17.4 Å². The summed E-state index contributed by atoms with van der Waals surface area (Å²) in [4.78, 5) is 50.1. The number of halogens is 3. The maximum Gasteiger partial charge on any atom is 0.326 e. The van der Waals surface area contributed by atoms with Crippen LogP contribution in [0.5, 0.6) is 0 Å². The van der Waals surface area contributed by atoms with E-state index in [0.29, 0.717) is 22.0 Å². The standard InChI is InChI=1S/C27H22Cl3N3O7/c28-16-4-1-2-7-19(16)32-25(35)22-23(40-13-39-22)26(36)33-20(27(37)38)12-14-8-10-15(11-9-14)31-24(34)21-17(29)5-3-6-18(21)30/h1-11,20,22-23H,12-13H2,(H,31,34)(H,32,35)(H,33,36)(H,37,38)/t20?,22-,23-/m1/s1. The minimum absolute atomic E-state index is 0.0876. The molecule has 10 nitrogen and oxygen atoms in total. The molecule has 3 amide bonds. The fourth-order valence-electron chi connectivity index (χ4n) is 3.88. The molecule has 1 aliphatic rings. The number of benzene rings is 3. The Morgan fingerprint density at radius 2 is 1.40 bits per heavy atom. The monoisotopic (exact) mass is 605 g/mol. The number of para-hydroxylation sites is 1. The van der Waals surface area contributed by atoms with Crippen molar-refractivity contribution in [1.29, 1.82) is 0 Å². The highest BCUT2D eigenvalue weighted by Crippen LogP contribution is 2.26. The van der Waals surface area contributed by atoms with Crippen molar-refractivity contribution < 1.29 is 33.8 Å². The molecular formula is C27H22Cl3N3O7. The lowest BCUT2D eigenvalue weighted by Crippen LogP contribution is -2.51. The summed E-state index contributed by atoms with van der Waals surface area (Å²) in [6, 6.07) is 16.2. The predicted molar refractivity (Wildman–Crippen MR) is 149 cm³/mol. The highest BCUT2D eigenvalue weighted by atomic mass is 35.5. The number of hydrogen-bond acceptors (Lipinski definition) is 6. The summed E-state index contributed by atoms with van der Waals surface area (Å²) in [5.41, 5.74) is 1.42. The SMILES string of the molecule is O=C(Nc1ccc(CC(NC(=O)[C@@H]2OCO[C@H]2C(=O)Nc2ccccc2Cl)C(=O)O)cc1)c1c(Cl)cccc1Cl. The molecule has 1 heterocycles. The summed E-state index contributed by atoms with van der Waals surface area (Å²) in [5.74, 6) is -3.31. The van der Waals surface area contributed by atoms with Gasteiger partial charge in [0.25, 0.3) is 17.7 Å². The van der Waals surface area contributed by atoms with Gasteiger partial charge in [-0.2, -0.15) is 0 Å². The molecule has 1 fully saturated rings. The molecule has 0 aliphatic carbocycles. The largest absolute Gasteiger partial charge is 0.480 e. The number of carbonyl (C=O) groups is 4. The Hall–Kier alpha value is -3.67. The Bertz CT molecular complexity index is 1410. The van der Waals surface area contributed by atoms with Crippen LogP contribution >= 0.6 is 34.8 Å². The number of carboxylic acid groups (broad SMARTS) is 1. The Labute approximate surface area is 243 Å². The van der Waals surface area contributed by atoms with E-state index < -0.39 is 41.9 Å². The van der Waals surface area contributed by atoms with Crippen LogP contribution in [0.2, 0.25) is 15.1 Å². The number of ether oxygens (including phenoxy) is 2. The zero-order valence-corrected chi connectivity index (χ0v) is 22.8. The number of aliphatic carboxylic acids is 1. The van der Waals surface area contributed by atoms with Crippen molar-refractivity contribution in [3.8, 4) is 0 Å². The molecule has 3 aromatic carbocycles. The molecule has 1 saturated heterocycles. The Balaban J connectivity index is 1.37. The van der Waals surface area contributed by atoms with Crippen molar-refractivity contribution in [1.82, 2.24) is 5.32 Å². The van der Waals surface area contributed by atoms with Gasteiger partial charge in [-0.1, -0.05) is 65.1 Å². The molecule has 0 spiro atoms. The first-order chi connectivity index (χ1) is 19.1. The first kappa shape index (κ1) is 29.3. The van der Waals surface area contributed by atoms with E-state index in [9.17, 15) is 24.3 Å². The normalized spacial score (nSPS) is 17.1. The number of nitrogens with one attached hydrogen (secondary N) is 3. The van der Waals surface area contributed by atoms with Crippen molar-refractivity contribution in [2.24, 2.45) is 0 Å². The van der Waals surface area contributed by atoms with Crippen LogP contribution in [-0.4, -0.2) is 53.8 Å². The maximum atomic E-state index is 12.9. The van der Waals surface area contributed by atoms with Gasteiger partial charge >= 0.3 is 5.97 Å². The van der Waals surface area contributed by atoms with Gasteiger partial charge in [-0.3, -0.25) is 14.4 Å². The molecular weight excluding hydrogens is 585 g/mol. The van der Waals surface area contributed by atoms with Crippen LogP contribution in [0.25, 0.3) is 0 Å². The molecule has 0 aromatic heterocycles. The smallest absolute Gasteiger partial charge is 0.326 e. The molecule has 40 heavy (non-hydrogen) atoms. The van der Waals surface area contributed by atoms with Crippen LogP contribution in [0, 0.1) is 0 Å². The molecule has 4 N–H and O–H groups in total. The predicted octanol–water partition coefficient (Wildman–Crippen LogP) is 4.39. The van der Waals surface area contributed by atoms with E-state index in [1.807, 2.05) is 0 Å². The second-order valence-electron chi connectivity index (χ2n) is 8.61. The van der Waals surface area contributed by atoms with E-state index in [4.69, 9.17) is 44.3 Å². The maximum absolute atomic E-state index is 12.9. The topological polar surface area (TPSA) is 143 Å². The van der Waals surface area contributed by atoms with Gasteiger partial charge in [0, 0.05) is 12.1 Å². The first-order valence-corrected chi connectivity index (χ1v) is 12.9. The summed E-state index contributed by atoms with van der Waals surface area (Å²) in [5, 5.41) is 18.0. The average Bonchev–Trinajstić information content (AvgIpc) is 3.41. The fraction of sp³-hybridized carbons (Fsp3) is 0.185. The van der Waals surface area contributed by atoms with Crippen LogP contribution < -0.4 is 16.0 Å². The quantitative estimate of drug-likeness (QED) is 0.283. The van der Waals surface area contributed by atoms with E-state index in [-0.39, 0.29) is 28.8 Å². The molecule has 3 aromatic rings. The summed E-state index contributed by atoms with van der Waals surface area (Å²) < 4.78 is 10.5. The highest BCUT2D eigenvalue weighted by Gasteiger charge is 2.41. The van der Waals surface area contributed by atoms with Crippen LogP contribution in [0.1, 0.15) is 15.9 Å². The molecule has 1 unspecified atom stereocenters. The van der Waals surface area contributed by atoms with Gasteiger partial charge < -0.3 is 30.5 Å². The third-order valence-corrected chi connectivity index (χ3v) is 6.83. The van der Waals surface area contributed by atoms with E-state index >= 15 is 0 Å². The van der Waals surface area contributed by atoms with E-state index in [1.165, 1.54) is 0 Å². The third-order valence-electron chi connectivity index (χ3n) is 5.87. The average molecular weight is 607 g/mol. The van der Waals surface area contributed by atoms with Crippen LogP contribution in [-0.2, 0) is 30.3 Å². The molecule has 1 aliphatic heterocycles. The first-order valence-electron chi connectivity index (χ1n) is 11.8. The van der Waals surface area contributed by atoms with Gasteiger partial charge in [0.05, 0.1) is 26.3 Å².